The van der Waals surface area contributed by atoms with Crippen LogP contribution in [-0.4, -0.2) is 72.0 Å². The first kappa shape index (κ1) is 27.5. The van der Waals surface area contributed by atoms with E-state index >= 15 is 0 Å². The number of thiazole rings is 1. The number of urea groups is 1. The lowest BCUT2D eigenvalue weighted by Gasteiger charge is -2.35. The van der Waals surface area contributed by atoms with E-state index in [4.69, 9.17) is 0 Å². The van der Waals surface area contributed by atoms with Gasteiger partial charge >= 0.3 is 12.2 Å². The van der Waals surface area contributed by atoms with Crippen LogP contribution in [0.3, 0.4) is 0 Å². The number of hydrogen-bond acceptors (Lipinski definition) is 5. The average molecular weight is 540 g/mol. The monoisotopic (exact) mass is 539 g/mol. The highest BCUT2D eigenvalue weighted by Crippen LogP contribution is 2.34. The number of halogens is 4. The molecular formula is C26H33F4N5OS. The van der Waals surface area contributed by atoms with Crippen LogP contribution in [0.2, 0.25) is 0 Å². The predicted molar refractivity (Wildman–Crippen MR) is 138 cm³/mol. The first-order chi connectivity index (χ1) is 17.6. The first-order valence-electron chi connectivity index (χ1n) is 12.6. The second-order valence-electron chi connectivity index (χ2n) is 9.88. The highest BCUT2D eigenvalue weighted by molar-refractivity contribution is 7.12. The highest BCUT2D eigenvalue weighted by Gasteiger charge is 2.35. The second kappa shape index (κ2) is 11.9. The quantitative estimate of drug-likeness (QED) is 0.423. The van der Waals surface area contributed by atoms with E-state index < -0.39 is 23.6 Å². The predicted octanol–water partition coefficient (Wildman–Crippen LogP) is 5.93. The van der Waals surface area contributed by atoms with Gasteiger partial charge in [0.05, 0.1) is 10.4 Å². The summed E-state index contributed by atoms with van der Waals surface area (Å²) in [5.41, 5.74) is -0.251. The first-order valence-corrected chi connectivity index (χ1v) is 13.4. The van der Waals surface area contributed by atoms with Gasteiger partial charge < -0.3 is 20.0 Å². The second-order valence-corrected chi connectivity index (χ2v) is 11.0. The van der Waals surface area contributed by atoms with Crippen molar-refractivity contribution in [1.29, 1.82) is 0 Å². The summed E-state index contributed by atoms with van der Waals surface area (Å²) in [6, 6.07) is 2.01. The molecule has 1 unspecified atom stereocenters. The molecule has 0 radical (unpaired) electrons. The molecule has 1 aromatic carbocycles. The Morgan fingerprint density at radius 1 is 1.24 bits per heavy atom. The summed E-state index contributed by atoms with van der Waals surface area (Å²) in [6.45, 7) is 3.93. The van der Waals surface area contributed by atoms with Crippen molar-refractivity contribution in [2.45, 2.75) is 50.9 Å². The lowest BCUT2D eigenvalue weighted by atomic mass is 9.93. The number of anilines is 1. The molecule has 2 aliphatic rings. The number of aromatic nitrogens is 1. The molecule has 1 aliphatic heterocycles. The number of benzene rings is 1. The SMILES string of the molecule is CN(C)Cc1ncc(C2=CCC(N(CCN3CCCC3)C(=O)Nc3ccc(F)c(C(F)(F)F)c3)CC2)s1. The van der Waals surface area contributed by atoms with E-state index in [-0.39, 0.29) is 11.7 Å². The maximum atomic E-state index is 13.7. The molecule has 11 heteroatoms. The summed E-state index contributed by atoms with van der Waals surface area (Å²) in [5.74, 6) is -1.36. The average Bonchev–Trinajstić information content (AvgIpc) is 3.52. The van der Waals surface area contributed by atoms with Gasteiger partial charge in [-0.2, -0.15) is 13.2 Å². The van der Waals surface area contributed by atoms with E-state index in [2.05, 4.69) is 26.2 Å². The van der Waals surface area contributed by atoms with Crippen molar-refractivity contribution in [1.82, 2.24) is 19.7 Å². The van der Waals surface area contributed by atoms with Crippen LogP contribution in [0.4, 0.5) is 28.0 Å². The number of hydrogen-bond donors (Lipinski definition) is 1. The van der Waals surface area contributed by atoms with E-state index in [1.165, 1.54) is 5.57 Å². The van der Waals surface area contributed by atoms with Crippen molar-refractivity contribution >= 4 is 28.6 Å². The topological polar surface area (TPSA) is 51.7 Å². The molecule has 37 heavy (non-hydrogen) atoms. The Bertz CT molecular complexity index is 1110. The number of alkyl halides is 3. The van der Waals surface area contributed by atoms with Gasteiger partial charge in [0.1, 0.15) is 10.8 Å². The van der Waals surface area contributed by atoms with Crippen molar-refractivity contribution in [3.05, 3.63) is 51.7 Å². The van der Waals surface area contributed by atoms with Gasteiger partial charge in [0.2, 0.25) is 0 Å². The molecule has 2 heterocycles. The lowest BCUT2D eigenvalue weighted by molar-refractivity contribution is -0.139. The van der Waals surface area contributed by atoms with Crippen molar-refractivity contribution in [3.63, 3.8) is 0 Å². The standard InChI is InChI=1S/C26H33F4N5OS/c1-33(2)17-24-31-16-23(37-24)18-5-8-20(9-6-18)35(14-13-34-11-3-4-12-34)25(36)32-19-7-10-22(27)21(15-19)26(28,29)30/h5,7,10,15-16,20H,3-4,6,8-9,11-14,17H2,1-2H3,(H,32,36). The highest BCUT2D eigenvalue weighted by atomic mass is 32.1. The van der Waals surface area contributed by atoms with Crippen molar-refractivity contribution in [3.8, 4) is 0 Å². The van der Waals surface area contributed by atoms with E-state index in [0.717, 1.165) is 67.3 Å². The van der Waals surface area contributed by atoms with Crippen LogP contribution in [0.25, 0.3) is 5.57 Å². The molecule has 202 valence electrons. The van der Waals surface area contributed by atoms with Crippen LogP contribution in [-0.2, 0) is 12.7 Å². The third-order valence-electron chi connectivity index (χ3n) is 6.79. The van der Waals surface area contributed by atoms with Gasteiger partial charge in [0.25, 0.3) is 0 Å². The molecular weight excluding hydrogens is 506 g/mol. The van der Waals surface area contributed by atoms with Gasteiger partial charge in [0, 0.05) is 37.6 Å². The van der Waals surface area contributed by atoms with E-state index in [0.29, 0.717) is 25.6 Å². The number of likely N-dealkylation sites (tertiary alicyclic amines) is 1. The van der Waals surface area contributed by atoms with Crippen molar-refractivity contribution < 1.29 is 22.4 Å². The van der Waals surface area contributed by atoms with Crippen LogP contribution in [0, 0.1) is 5.82 Å². The smallest absolute Gasteiger partial charge is 0.320 e. The third-order valence-corrected chi connectivity index (χ3v) is 7.84. The maximum Gasteiger partial charge on any atom is 0.419 e. The largest absolute Gasteiger partial charge is 0.419 e. The van der Waals surface area contributed by atoms with Crippen LogP contribution < -0.4 is 5.32 Å². The lowest BCUT2D eigenvalue weighted by Crippen LogP contribution is -2.47. The molecule has 1 atom stereocenters. The number of allylic oxidation sites excluding steroid dienone is 1. The fourth-order valence-corrected chi connectivity index (χ4v) is 5.95. The summed E-state index contributed by atoms with van der Waals surface area (Å²) >= 11 is 1.67. The zero-order valence-electron chi connectivity index (χ0n) is 21.2. The molecule has 2 amide bonds. The van der Waals surface area contributed by atoms with Gasteiger partial charge in [-0.1, -0.05) is 6.08 Å². The Labute approximate surface area is 219 Å². The van der Waals surface area contributed by atoms with Crippen molar-refractivity contribution in [2.75, 3.05) is 45.6 Å². The van der Waals surface area contributed by atoms with E-state index in [9.17, 15) is 22.4 Å². The van der Waals surface area contributed by atoms with Gasteiger partial charge in [-0.05, 0) is 83.1 Å². The molecule has 4 rings (SSSR count). The number of amides is 2. The summed E-state index contributed by atoms with van der Waals surface area (Å²) in [6.07, 6.45) is 3.66. The van der Waals surface area contributed by atoms with E-state index in [1.54, 1.807) is 16.2 Å². The molecule has 1 aromatic heterocycles. The number of nitrogens with one attached hydrogen (secondary N) is 1. The van der Waals surface area contributed by atoms with Crippen LogP contribution in [0.1, 0.15) is 47.6 Å². The fourth-order valence-electron chi connectivity index (χ4n) is 4.85. The summed E-state index contributed by atoms with van der Waals surface area (Å²) in [7, 11) is 4.01. The molecule has 1 fully saturated rings. The zero-order valence-corrected chi connectivity index (χ0v) is 22.0. The molecule has 1 saturated heterocycles. The fraction of sp³-hybridized carbons (Fsp3) is 0.538. The molecule has 0 bridgehead atoms. The Hall–Kier alpha value is -2.50. The van der Waals surface area contributed by atoms with Gasteiger partial charge in [-0.3, -0.25) is 0 Å². The Morgan fingerprint density at radius 3 is 2.65 bits per heavy atom. The van der Waals surface area contributed by atoms with Crippen LogP contribution >= 0.6 is 11.3 Å². The van der Waals surface area contributed by atoms with Gasteiger partial charge in [-0.15, -0.1) is 11.3 Å². The summed E-state index contributed by atoms with van der Waals surface area (Å²) < 4.78 is 53.2. The molecule has 1 N–H and O–H groups in total. The normalized spacial score (nSPS) is 18.8. The summed E-state index contributed by atoms with van der Waals surface area (Å²) in [4.78, 5) is 25.1. The molecule has 0 saturated carbocycles. The van der Waals surface area contributed by atoms with Crippen molar-refractivity contribution in [2.24, 2.45) is 0 Å². The van der Waals surface area contributed by atoms with E-state index in [1.807, 2.05) is 20.3 Å². The number of carbonyl (C=O) groups is 1. The Balaban J connectivity index is 1.47. The zero-order chi connectivity index (χ0) is 26.6. The minimum absolute atomic E-state index is 0.0741. The number of rotatable bonds is 8. The maximum absolute atomic E-state index is 13.7. The minimum atomic E-state index is -4.84. The molecule has 0 spiro atoms. The number of nitrogens with zero attached hydrogens (tertiary/aromatic N) is 4. The third kappa shape index (κ3) is 7.30. The van der Waals surface area contributed by atoms with Gasteiger partial charge in [-0.25, -0.2) is 14.2 Å². The molecule has 2 aromatic rings. The molecule has 6 nitrogen and oxygen atoms in total. The van der Waals surface area contributed by atoms with Crippen LogP contribution in [0.5, 0.6) is 0 Å². The minimum Gasteiger partial charge on any atom is -0.320 e. The Morgan fingerprint density at radius 2 is 2.00 bits per heavy atom. The van der Waals surface area contributed by atoms with Crippen LogP contribution in [0.15, 0.2) is 30.5 Å². The van der Waals surface area contributed by atoms with Gasteiger partial charge in [0.15, 0.2) is 0 Å². The number of carbonyl (C=O) groups excluding carboxylic acids is 1. The Kier molecular flexibility index (Phi) is 8.86. The molecule has 1 aliphatic carbocycles. The summed E-state index contributed by atoms with van der Waals surface area (Å²) in [5, 5.41) is 3.64.